The zero-order chi connectivity index (χ0) is 9.73. The number of aliphatic hydroxyl groups excluding tert-OH is 1. The molecule has 3 nitrogen and oxygen atoms in total. The lowest BCUT2D eigenvalue weighted by atomic mass is 9.87. The van der Waals surface area contributed by atoms with Gasteiger partial charge in [-0.15, -0.1) is 0 Å². The van der Waals surface area contributed by atoms with Crippen LogP contribution in [0.15, 0.2) is 12.2 Å². The molecule has 1 saturated heterocycles. The average molecular weight is 186 g/mol. The van der Waals surface area contributed by atoms with Gasteiger partial charge in [-0.25, -0.2) is 0 Å². The Hall–Kier alpha value is -0.380. The summed E-state index contributed by atoms with van der Waals surface area (Å²) in [4.78, 5) is 0. The maximum Gasteiger partial charge on any atom is 0.176 e. The monoisotopic (exact) mass is 186 g/mol. The first kappa shape index (κ1) is 10.7. The third-order valence-electron chi connectivity index (χ3n) is 2.54. The van der Waals surface area contributed by atoms with Gasteiger partial charge in [0.15, 0.2) is 6.29 Å². The minimum Gasteiger partial charge on any atom is -0.396 e. The smallest absolute Gasteiger partial charge is 0.176 e. The van der Waals surface area contributed by atoms with Crippen molar-refractivity contribution in [2.75, 3.05) is 19.8 Å². The van der Waals surface area contributed by atoms with E-state index in [0.29, 0.717) is 13.2 Å². The molecule has 0 aromatic rings. The van der Waals surface area contributed by atoms with Gasteiger partial charge in [-0.05, 0) is 19.4 Å². The van der Waals surface area contributed by atoms with Gasteiger partial charge in [0.05, 0.1) is 19.8 Å². The molecule has 0 radical (unpaired) electrons. The summed E-state index contributed by atoms with van der Waals surface area (Å²) in [6, 6.07) is 0. The second-order valence-corrected chi connectivity index (χ2v) is 3.53. The Labute approximate surface area is 79.3 Å². The van der Waals surface area contributed by atoms with Crippen molar-refractivity contribution >= 4 is 0 Å². The van der Waals surface area contributed by atoms with E-state index in [-0.39, 0.29) is 18.3 Å². The van der Waals surface area contributed by atoms with E-state index in [1.165, 1.54) is 0 Å². The molecule has 0 amide bonds. The molecule has 1 aliphatic heterocycles. The lowest BCUT2D eigenvalue weighted by Gasteiger charge is -2.37. The van der Waals surface area contributed by atoms with Crippen LogP contribution >= 0.6 is 0 Å². The molecule has 1 fully saturated rings. The number of hydrogen-bond donors (Lipinski definition) is 1. The third-order valence-corrected chi connectivity index (χ3v) is 2.54. The van der Waals surface area contributed by atoms with Crippen molar-refractivity contribution < 1.29 is 14.6 Å². The molecule has 0 aromatic carbocycles. The zero-order valence-corrected chi connectivity index (χ0v) is 8.32. The van der Waals surface area contributed by atoms with Crippen LogP contribution in [-0.2, 0) is 9.47 Å². The predicted octanol–water partition coefficient (Wildman–Crippen LogP) is 1.32. The van der Waals surface area contributed by atoms with Gasteiger partial charge >= 0.3 is 0 Å². The molecule has 1 heterocycles. The van der Waals surface area contributed by atoms with Crippen LogP contribution in [0, 0.1) is 5.41 Å². The van der Waals surface area contributed by atoms with Crippen molar-refractivity contribution in [2.45, 2.75) is 26.6 Å². The fourth-order valence-electron chi connectivity index (χ4n) is 1.28. The summed E-state index contributed by atoms with van der Waals surface area (Å²) in [5, 5.41) is 9.18. The fourth-order valence-corrected chi connectivity index (χ4v) is 1.28. The Bertz CT molecular complexity index is 163. The highest BCUT2D eigenvalue weighted by Gasteiger charge is 2.34. The lowest BCUT2D eigenvalue weighted by molar-refractivity contribution is -0.215. The summed E-state index contributed by atoms with van der Waals surface area (Å²) in [6.07, 6.45) is 4.43. The Morgan fingerprint density at radius 2 is 2.08 bits per heavy atom. The summed E-state index contributed by atoms with van der Waals surface area (Å²) in [5.74, 6) is 0. The molecule has 0 atom stereocenters. The van der Waals surface area contributed by atoms with Gasteiger partial charge in [0.1, 0.15) is 0 Å². The van der Waals surface area contributed by atoms with Gasteiger partial charge in [0.25, 0.3) is 0 Å². The highest BCUT2D eigenvalue weighted by Crippen LogP contribution is 2.27. The third kappa shape index (κ3) is 2.53. The Morgan fingerprint density at radius 1 is 1.46 bits per heavy atom. The summed E-state index contributed by atoms with van der Waals surface area (Å²) in [5.41, 5.74) is -0.182. The number of rotatable bonds is 3. The number of hydrogen-bond acceptors (Lipinski definition) is 3. The second kappa shape index (κ2) is 4.74. The van der Waals surface area contributed by atoms with Gasteiger partial charge < -0.3 is 14.6 Å². The molecule has 0 bridgehead atoms. The van der Waals surface area contributed by atoms with Crippen molar-refractivity contribution in [1.82, 2.24) is 0 Å². The normalized spacial score (nSPS) is 35.5. The summed E-state index contributed by atoms with van der Waals surface area (Å²) in [7, 11) is 0. The van der Waals surface area contributed by atoms with Crippen LogP contribution in [0.5, 0.6) is 0 Å². The van der Waals surface area contributed by atoms with E-state index in [4.69, 9.17) is 9.47 Å². The topological polar surface area (TPSA) is 38.7 Å². The van der Waals surface area contributed by atoms with Crippen molar-refractivity contribution in [3.05, 3.63) is 12.2 Å². The molecule has 0 saturated carbocycles. The van der Waals surface area contributed by atoms with Crippen molar-refractivity contribution in [1.29, 1.82) is 0 Å². The molecule has 0 unspecified atom stereocenters. The Morgan fingerprint density at radius 3 is 2.46 bits per heavy atom. The molecule has 1 aliphatic rings. The van der Waals surface area contributed by atoms with Crippen LogP contribution in [0.1, 0.15) is 20.3 Å². The first-order chi connectivity index (χ1) is 6.26. The molecule has 76 valence electrons. The largest absolute Gasteiger partial charge is 0.396 e. The van der Waals surface area contributed by atoms with E-state index in [2.05, 4.69) is 0 Å². The van der Waals surface area contributed by atoms with Crippen LogP contribution in [0.3, 0.4) is 0 Å². The molecule has 1 rings (SSSR count). The lowest BCUT2D eigenvalue weighted by Crippen LogP contribution is -2.43. The SMILES string of the molecule is CC=CC1OCC(CC)(CO)CO1. The van der Waals surface area contributed by atoms with Crippen molar-refractivity contribution in [2.24, 2.45) is 5.41 Å². The van der Waals surface area contributed by atoms with E-state index in [1.807, 2.05) is 26.0 Å². The molecule has 3 heteroatoms. The number of aliphatic hydroxyl groups is 1. The molecule has 0 spiro atoms. The van der Waals surface area contributed by atoms with Crippen LogP contribution in [0.2, 0.25) is 0 Å². The number of ether oxygens (including phenoxy) is 2. The van der Waals surface area contributed by atoms with E-state index in [1.54, 1.807) is 0 Å². The van der Waals surface area contributed by atoms with E-state index in [9.17, 15) is 5.11 Å². The standard InChI is InChI=1S/C10H18O3/c1-3-5-9-12-7-10(4-2,6-11)8-13-9/h3,5,9,11H,4,6-8H2,1-2H3. The van der Waals surface area contributed by atoms with Crippen LogP contribution < -0.4 is 0 Å². The second-order valence-electron chi connectivity index (χ2n) is 3.53. The first-order valence-corrected chi connectivity index (χ1v) is 4.73. The van der Waals surface area contributed by atoms with E-state index >= 15 is 0 Å². The molecule has 1 N–H and O–H groups in total. The maximum absolute atomic E-state index is 9.18. The van der Waals surface area contributed by atoms with Crippen molar-refractivity contribution in [3.63, 3.8) is 0 Å². The van der Waals surface area contributed by atoms with Gasteiger partial charge in [-0.1, -0.05) is 13.0 Å². The highest BCUT2D eigenvalue weighted by atomic mass is 16.7. The summed E-state index contributed by atoms with van der Waals surface area (Å²) >= 11 is 0. The van der Waals surface area contributed by atoms with Gasteiger partial charge in [0.2, 0.25) is 0 Å². The van der Waals surface area contributed by atoms with Crippen molar-refractivity contribution in [3.8, 4) is 0 Å². The van der Waals surface area contributed by atoms with Crippen LogP contribution in [0.25, 0.3) is 0 Å². The van der Waals surface area contributed by atoms with E-state index < -0.39 is 0 Å². The first-order valence-electron chi connectivity index (χ1n) is 4.73. The Kier molecular flexibility index (Phi) is 3.90. The van der Waals surface area contributed by atoms with Gasteiger partial charge in [-0.2, -0.15) is 0 Å². The van der Waals surface area contributed by atoms with Crippen LogP contribution in [-0.4, -0.2) is 31.2 Å². The van der Waals surface area contributed by atoms with Crippen LogP contribution in [0.4, 0.5) is 0 Å². The van der Waals surface area contributed by atoms with Gasteiger partial charge in [0, 0.05) is 5.41 Å². The molecular weight excluding hydrogens is 168 g/mol. The molecule has 13 heavy (non-hydrogen) atoms. The quantitative estimate of drug-likeness (QED) is 0.676. The zero-order valence-electron chi connectivity index (χ0n) is 8.32. The maximum atomic E-state index is 9.18. The Balaban J connectivity index is 2.45. The minimum atomic E-state index is -0.226. The van der Waals surface area contributed by atoms with E-state index in [0.717, 1.165) is 6.42 Å². The molecule has 0 aromatic heterocycles. The molecular formula is C10H18O3. The average Bonchev–Trinajstić information content (AvgIpc) is 2.20. The fraction of sp³-hybridized carbons (Fsp3) is 0.800. The summed E-state index contributed by atoms with van der Waals surface area (Å²) < 4.78 is 10.9. The highest BCUT2D eigenvalue weighted by molar-refractivity contribution is 4.87. The number of allylic oxidation sites excluding steroid dienone is 1. The summed E-state index contributed by atoms with van der Waals surface area (Å²) in [6.45, 7) is 5.26. The van der Waals surface area contributed by atoms with Gasteiger partial charge in [-0.3, -0.25) is 0 Å². The minimum absolute atomic E-state index is 0.131. The molecule has 0 aliphatic carbocycles. The predicted molar refractivity (Wildman–Crippen MR) is 50.3 cm³/mol.